The Balaban J connectivity index is 2.30. The van der Waals surface area contributed by atoms with E-state index in [2.05, 4.69) is 21.2 Å². The first-order valence-electron chi connectivity index (χ1n) is 5.50. The van der Waals surface area contributed by atoms with E-state index in [9.17, 15) is 13.6 Å². The fourth-order valence-corrected chi connectivity index (χ4v) is 1.94. The topological polar surface area (TPSA) is 29.1 Å². The Morgan fingerprint density at radius 2 is 1.89 bits per heavy atom. The molecule has 19 heavy (non-hydrogen) atoms. The number of amides is 1. The second-order valence-electron chi connectivity index (χ2n) is 4.06. The summed E-state index contributed by atoms with van der Waals surface area (Å²) in [6.07, 6.45) is 0. The predicted octanol–water partition coefficient (Wildman–Crippen LogP) is 4.29. The number of anilines is 1. The van der Waals surface area contributed by atoms with Crippen LogP contribution in [0.5, 0.6) is 0 Å². The molecule has 0 heterocycles. The summed E-state index contributed by atoms with van der Waals surface area (Å²) in [5.74, 6) is -1.72. The fraction of sp³-hybridized carbons (Fsp3) is 0.0714. The molecule has 0 saturated carbocycles. The van der Waals surface area contributed by atoms with Gasteiger partial charge < -0.3 is 5.32 Å². The molecule has 0 bridgehead atoms. The molecule has 2 aromatic carbocycles. The molecule has 0 aliphatic heterocycles. The molecular formula is C14H10BrF2NO. The number of hydrogen-bond acceptors (Lipinski definition) is 1. The van der Waals surface area contributed by atoms with E-state index < -0.39 is 17.5 Å². The van der Waals surface area contributed by atoms with Crippen LogP contribution in [0, 0.1) is 18.6 Å². The van der Waals surface area contributed by atoms with Crippen LogP contribution in [0.3, 0.4) is 0 Å². The van der Waals surface area contributed by atoms with Crippen molar-refractivity contribution in [1.82, 2.24) is 0 Å². The Kier molecular flexibility index (Phi) is 3.95. The molecule has 0 radical (unpaired) electrons. The van der Waals surface area contributed by atoms with Gasteiger partial charge in [-0.15, -0.1) is 0 Å². The van der Waals surface area contributed by atoms with E-state index >= 15 is 0 Å². The quantitative estimate of drug-likeness (QED) is 0.876. The minimum absolute atomic E-state index is 0.0730. The molecule has 1 N–H and O–H groups in total. The van der Waals surface area contributed by atoms with E-state index in [0.717, 1.165) is 11.6 Å². The maximum absolute atomic E-state index is 13.6. The summed E-state index contributed by atoms with van der Waals surface area (Å²) in [5, 5.41) is 2.47. The third-order valence-electron chi connectivity index (χ3n) is 2.54. The van der Waals surface area contributed by atoms with Gasteiger partial charge in [-0.1, -0.05) is 11.6 Å². The van der Waals surface area contributed by atoms with Crippen LogP contribution in [0.4, 0.5) is 14.5 Å². The van der Waals surface area contributed by atoms with E-state index in [1.165, 1.54) is 24.3 Å². The van der Waals surface area contributed by atoms with Crippen molar-refractivity contribution in [2.45, 2.75) is 6.92 Å². The molecule has 1 amide bonds. The van der Waals surface area contributed by atoms with Crippen LogP contribution >= 0.6 is 15.9 Å². The summed E-state index contributed by atoms with van der Waals surface area (Å²) in [7, 11) is 0. The molecular weight excluding hydrogens is 316 g/mol. The minimum Gasteiger partial charge on any atom is -0.321 e. The summed E-state index contributed by atoms with van der Waals surface area (Å²) in [6, 6.07) is 8.13. The average Bonchev–Trinajstić information content (AvgIpc) is 2.36. The molecule has 0 spiro atoms. The molecule has 2 nitrogen and oxygen atoms in total. The molecule has 0 atom stereocenters. The van der Waals surface area contributed by atoms with Gasteiger partial charge in [0.2, 0.25) is 0 Å². The average molecular weight is 326 g/mol. The van der Waals surface area contributed by atoms with Gasteiger partial charge in [-0.25, -0.2) is 8.78 Å². The van der Waals surface area contributed by atoms with Gasteiger partial charge in [0.15, 0.2) is 0 Å². The van der Waals surface area contributed by atoms with Crippen molar-refractivity contribution < 1.29 is 13.6 Å². The summed E-state index contributed by atoms with van der Waals surface area (Å²) >= 11 is 3.19. The molecule has 0 aromatic heterocycles. The molecule has 2 rings (SSSR count). The number of carbonyl (C=O) groups excluding carboxylic acids is 1. The van der Waals surface area contributed by atoms with Gasteiger partial charge in [0, 0.05) is 4.47 Å². The van der Waals surface area contributed by atoms with Gasteiger partial charge in [0.1, 0.15) is 11.6 Å². The summed E-state index contributed by atoms with van der Waals surface area (Å²) in [5.41, 5.74) is 0.951. The number of hydrogen-bond donors (Lipinski definition) is 1. The zero-order valence-corrected chi connectivity index (χ0v) is 11.6. The highest BCUT2D eigenvalue weighted by molar-refractivity contribution is 9.10. The first-order chi connectivity index (χ1) is 8.97. The highest BCUT2D eigenvalue weighted by Gasteiger charge is 2.13. The van der Waals surface area contributed by atoms with Crippen molar-refractivity contribution in [1.29, 1.82) is 0 Å². The van der Waals surface area contributed by atoms with Crippen LogP contribution in [0.1, 0.15) is 15.9 Å². The lowest BCUT2D eigenvalue weighted by atomic mass is 10.1. The largest absolute Gasteiger partial charge is 0.321 e. The Bertz CT molecular complexity index is 643. The van der Waals surface area contributed by atoms with E-state index in [1.54, 1.807) is 13.0 Å². The Morgan fingerprint density at radius 1 is 1.16 bits per heavy atom. The smallest absolute Gasteiger partial charge is 0.258 e. The predicted molar refractivity (Wildman–Crippen MR) is 73.2 cm³/mol. The number of carbonyl (C=O) groups is 1. The maximum Gasteiger partial charge on any atom is 0.258 e. The van der Waals surface area contributed by atoms with Crippen LogP contribution in [-0.2, 0) is 0 Å². The van der Waals surface area contributed by atoms with Gasteiger partial charge in [0.25, 0.3) is 5.91 Å². The van der Waals surface area contributed by atoms with Crippen molar-refractivity contribution in [3.8, 4) is 0 Å². The Morgan fingerprint density at radius 3 is 2.63 bits per heavy atom. The van der Waals surface area contributed by atoms with Gasteiger partial charge in [-0.2, -0.15) is 0 Å². The molecule has 2 aromatic rings. The summed E-state index contributed by atoms with van der Waals surface area (Å²) in [4.78, 5) is 12.0. The summed E-state index contributed by atoms with van der Waals surface area (Å²) in [6.45, 7) is 1.76. The fourth-order valence-electron chi connectivity index (χ4n) is 1.60. The lowest BCUT2D eigenvalue weighted by Gasteiger charge is -2.08. The van der Waals surface area contributed by atoms with E-state index in [-0.39, 0.29) is 11.3 Å². The van der Waals surface area contributed by atoms with E-state index in [0.29, 0.717) is 4.47 Å². The highest BCUT2D eigenvalue weighted by atomic mass is 79.9. The van der Waals surface area contributed by atoms with Crippen LogP contribution in [0.15, 0.2) is 40.9 Å². The van der Waals surface area contributed by atoms with Crippen molar-refractivity contribution in [3.05, 3.63) is 63.6 Å². The second kappa shape index (κ2) is 5.48. The molecule has 0 unspecified atom stereocenters. The van der Waals surface area contributed by atoms with Crippen molar-refractivity contribution >= 4 is 27.5 Å². The number of halogens is 3. The standard InChI is InChI=1S/C14H10BrF2NO/c1-8-2-5-12(17)10(6-8)14(19)18-13-7-9(16)3-4-11(13)15/h2-7H,1H3,(H,18,19). The zero-order chi connectivity index (χ0) is 14.0. The van der Waals surface area contributed by atoms with Crippen LogP contribution in [0.25, 0.3) is 0 Å². The monoisotopic (exact) mass is 325 g/mol. The zero-order valence-electron chi connectivity index (χ0n) is 10.0. The third kappa shape index (κ3) is 3.17. The normalized spacial score (nSPS) is 10.3. The maximum atomic E-state index is 13.6. The van der Waals surface area contributed by atoms with Gasteiger partial charge in [-0.3, -0.25) is 4.79 Å². The van der Waals surface area contributed by atoms with Crippen molar-refractivity contribution in [2.24, 2.45) is 0 Å². The number of rotatable bonds is 2. The molecule has 5 heteroatoms. The first-order valence-corrected chi connectivity index (χ1v) is 6.29. The van der Waals surface area contributed by atoms with Crippen LogP contribution in [0.2, 0.25) is 0 Å². The first kappa shape index (κ1) is 13.7. The molecule has 0 aliphatic carbocycles. The number of benzene rings is 2. The van der Waals surface area contributed by atoms with E-state index in [4.69, 9.17) is 0 Å². The van der Waals surface area contributed by atoms with Gasteiger partial charge >= 0.3 is 0 Å². The van der Waals surface area contributed by atoms with Gasteiger partial charge in [-0.05, 0) is 53.2 Å². The molecule has 98 valence electrons. The molecule has 0 fully saturated rings. The highest BCUT2D eigenvalue weighted by Crippen LogP contribution is 2.24. The lowest BCUT2D eigenvalue weighted by Crippen LogP contribution is -2.14. The van der Waals surface area contributed by atoms with Crippen molar-refractivity contribution in [3.63, 3.8) is 0 Å². The lowest BCUT2D eigenvalue weighted by molar-refractivity contribution is 0.102. The minimum atomic E-state index is -0.618. The van der Waals surface area contributed by atoms with Gasteiger partial charge in [0.05, 0.1) is 11.3 Å². The van der Waals surface area contributed by atoms with E-state index in [1.807, 2.05) is 0 Å². The van der Waals surface area contributed by atoms with Crippen molar-refractivity contribution in [2.75, 3.05) is 5.32 Å². The third-order valence-corrected chi connectivity index (χ3v) is 3.23. The second-order valence-corrected chi connectivity index (χ2v) is 4.92. The number of nitrogens with one attached hydrogen (secondary N) is 1. The Hall–Kier alpha value is -1.75. The molecule has 0 aliphatic rings. The number of aryl methyl sites for hydroxylation is 1. The van der Waals surface area contributed by atoms with Crippen LogP contribution in [-0.4, -0.2) is 5.91 Å². The molecule has 0 saturated heterocycles. The summed E-state index contributed by atoms with van der Waals surface area (Å²) < 4.78 is 27.2. The SMILES string of the molecule is Cc1ccc(F)c(C(=O)Nc2cc(F)ccc2Br)c1. The van der Waals surface area contributed by atoms with Crippen LogP contribution < -0.4 is 5.32 Å². The Labute approximate surface area is 117 Å².